The zero-order valence-corrected chi connectivity index (χ0v) is 13.0. The van der Waals surface area contributed by atoms with Crippen LogP contribution in [0.2, 0.25) is 0 Å². The molecule has 1 aliphatic rings. The van der Waals surface area contributed by atoms with Crippen molar-refractivity contribution >= 4 is 9.84 Å². The van der Waals surface area contributed by atoms with Crippen molar-refractivity contribution in [3.63, 3.8) is 0 Å². The smallest absolute Gasteiger partial charge is 0.150 e. The Balaban J connectivity index is 2.11. The van der Waals surface area contributed by atoms with E-state index in [1.807, 2.05) is 24.3 Å². The van der Waals surface area contributed by atoms with Gasteiger partial charge in [-0.3, -0.25) is 0 Å². The third kappa shape index (κ3) is 4.48. The maximum atomic E-state index is 11.7. The van der Waals surface area contributed by atoms with E-state index in [2.05, 4.69) is 11.8 Å². The number of para-hydroxylation sites is 1. The van der Waals surface area contributed by atoms with Gasteiger partial charge in [-0.1, -0.05) is 24.0 Å². The van der Waals surface area contributed by atoms with Gasteiger partial charge in [-0.15, -0.1) is 0 Å². The van der Waals surface area contributed by atoms with E-state index in [1.165, 1.54) is 6.26 Å². The van der Waals surface area contributed by atoms with Crippen LogP contribution in [0.25, 0.3) is 0 Å². The molecule has 21 heavy (non-hydrogen) atoms. The lowest BCUT2D eigenvalue weighted by atomic mass is 9.97. The van der Waals surface area contributed by atoms with Gasteiger partial charge in [-0.25, -0.2) is 8.42 Å². The summed E-state index contributed by atoms with van der Waals surface area (Å²) in [6.45, 7) is 0.300. The number of hydrogen-bond acceptors (Lipinski definition) is 4. The molecule has 0 heterocycles. The van der Waals surface area contributed by atoms with E-state index >= 15 is 0 Å². The molecule has 0 radical (unpaired) electrons. The normalized spacial score (nSPS) is 22.2. The van der Waals surface area contributed by atoms with E-state index in [0.717, 1.165) is 24.8 Å². The fraction of sp³-hybridized carbons (Fsp3) is 0.500. The zero-order valence-electron chi connectivity index (χ0n) is 12.2. The van der Waals surface area contributed by atoms with E-state index in [0.29, 0.717) is 18.7 Å². The van der Waals surface area contributed by atoms with Crippen LogP contribution in [0.5, 0.6) is 5.75 Å². The molecule has 4 nitrogen and oxygen atoms in total. The molecule has 0 amide bonds. The van der Waals surface area contributed by atoms with Crippen LogP contribution in [0.4, 0.5) is 0 Å². The average molecular weight is 307 g/mol. The zero-order chi connectivity index (χ0) is 15.3. The van der Waals surface area contributed by atoms with E-state index in [1.54, 1.807) is 0 Å². The standard InChI is InChI=1S/C16H21NO3S/c1-21(18,19)15-9-4-8-14(12-15)20-16-10-3-2-6-13(16)7-5-11-17/h2-3,6,10,14-15H,4,8-9,11-12,17H2,1H3. The summed E-state index contributed by atoms with van der Waals surface area (Å²) < 4.78 is 29.4. The second kappa shape index (κ2) is 6.97. The Morgan fingerprint density at radius 1 is 1.33 bits per heavy atom. The van der Waals surface area contributed by atoms with Gasteiger partial charge in [0.05, 0.1) is 17.4 Å². The summed E-state index contributed by atoms with van der Waals surface area (Å²) in [5.41, 5.74) is 6.19. The SMILES string of the molecule is CS(=O)(=O)C1CCCC(Oc2ccccc2C#CCN)C1. The lowest BCUT2D eigenvalue weighted by Gasteiger charge is -2.28. The molecule has 1 fully saturated rings. The summed E-state index contributed by atoms with van der Waals surface area (Å²) in [5.74, 6) is 6.51. The van der Waals surface area contributed by atoms with Crippen molar-refractivity contribution in [1.29, 1.82) is 0 Å². The topological polar surface area (TPSA) is 69.4 Å². The van der Waals surface area contributed by atoms with Crippen molar-refractivity contribution in [1.82, 2.24) is 0 Å². The number of sulfone groups is 1. The Kier molecular flexibility index (Phi) is 5.27. The fourth-order valence-corrected chi connectivity index (χ4v) is 3.76. The Hall–Kier alpha value is -1.51. The minimum Gasteiger partial charge on any atom is -0.489 e. The lowest BCUT2D eigenvalue weighted by molar-refractivity contribution is 0.156. The molecule has 114 valence electrons. The molecule has 5 heteroatoms. The van der Waals surface area contributed by atoms with Crippen molar-refractivity contribution in [2.24, 2.45) is 5.73 Å². The highest BCUT2D eigenvalue weighted by atomic mass is 32.2. The highest BCUT2D eigenvalue weighted by Gasteiger charge is 2.30. The molecule has 2 N–H and O–H groups in total. The molecule has 1 aromatic rings. The van der Waals surface area contributed by atoms with Crippen LogP contribution < -0.4 is 10.5 Å². The summed E-state index contributed by atoms with van der Waals surface area (Å²) in [4.78, 5) is 0. The second-order valence-corrected chi connectivity index (χ2v) is 7.69. The first-order valence-electron chi connectivity index (χ1n) is 7.14. The number of benzene rings is 1. The molecule has 0 saturated heterocycles. The number of ether oxygens (including phenoxy) is 1. The van der Waals surface area contributed by atoms with Gasteiger partial charge >= 0.3 is 0 Å². The quantitative estimate of drug-likeness (QED) is 0.864. The molecule has 0 aromatic heterocycles. The van der Waals surface area contributed by atoms with Crippen molar-refractivity contribution in [3.8, 4) is 17.6 Å². The van der Waals surface area contributed by atoms with Crippen LogP contribution in [0, 0.1) is 11.8 Å². The third-order valence-corrected chi connectivity index (χ3v) is 5.33. The van der Waals surface area contributed by atoms with Gasteiger partial charge in [-0.2, -0.15) is 0 Å². The molecule has 1 saturated carbocycles. The van der Waals surface area contributed by atoms with Gasteiger partial charge in [0.2, 0.25) is 0 Å². The minimum absolute atomic E-state index is 0.0701. The average Bonchev–Trinajstić information content (AvgIpc) is 2.46. The molecule has 2 atom stereocenters. The minimum atomic E-state index is -3.00. The second-order valence-electron chi connectivity index (χ2n) is 5.36. The molecular weight excluding hydrogens is 286 g/mol. The molecular formula is C16H21NO3S. The Labute approximate surface area is 126 Å². The summed E-state index contributed by atoms with van der Waals surface area (Å²) >= 11 is 0. The summed E-state index contributed by atoms with van der Waals surface area (Å²) in [7, 11) is -3.00. The van der Waals surface area contributed by atoms with Gasteiger partial charge < -0.3 is 10.5 Å². The van der Waals surface area contributed by atoms with Crippen LogP contribution in [-0.2, 0) is 9.84 Å². The lowest BCUT2D eigenvalue weighted by Crippen LogP contribution is -2.33. The van der Waals surface area contributed by atoms with E-state index in [4.69, 9.17) is 10.5 Å². The predicted molar refractivity (Wildman–Crippen MR) is 83.9 cm³/mol. The molecule has 1 aromatic carbocycles. The summed E-state index contributed by atoms with van der Waals surface area (Å²) in [6.07, 6.45) is 4.27. The van der Waals surface area contributed by atoms with Crippen LogP contribution in [-0.4, -0.2) is 32.6 Å². The molecule has 0 bridgehead atoms. The highest BCUT2D eigenvalue weighted by Crippen LogP contribution is 2.28. The summed E-state index contributed by atoms with van der Waals surface area (Å²) in [5, 5.41) is -0.293. The third-order valence-electron chi connectivity index (χ3n) is 3.69. The van der Waals surface area contributed by atoms with Crippen LogP contribution >= 0.6 is 0 Å². The monoisotopic (exact) mass is 307 g/mol. The van der Waals surface area contributed by atoms with Gasteiger partial charge in [0, 0.05) is 12.7 Å². The Morgan fingerprint density at radius 2 is 2.10 bits per heavy atom. The van der Waals surface area contributed by atoms with Gasteiger partial charge in [0.1, 0.15) is 21.7 Å². The van der Waals surface area contributed by atoms with Crippen molar-refractivity contribution < 1.29 is 13.2 Å². The maximum absolute atomic E-state index is 11.7. The largest absolute Gasteiger partial charge is 0.489 e. The Bertz CT molecular complexity index is 643. The van der Waals surface area contributed by atoms with Crippen LogP contribution in [0.1, 0.15) is 31.2 Å². The maximum Gasteiger partial charge on any atom is 0.150 e. The number of hydrogen-bond donors (Lipinski definition) is 1. The van der Waals surface area contributed by atoms with Crippen LogP contribution in [0.3, 0.4) is 0 Å². The van der Waals surface area contributed by atoms with Crippen LogP contribution in [0.15, 0.2) is 24.3 Å². The molecule has 2 rings (SSSR count). The van der Waals surface area contributed by atoms with Crippen molar-refractivity contribution in [2.75, 3.05) is 12.8 Å². The van der Waals surface area contributed by atoms with Gasteiger partial charge in [0.15, 0.2) is 0 Å². The van der Waals surface area contributed by atoms with E-state index in [-0.39, 0.29) is 11.4 Å². The van der Waals surface area contributed by atoms with Crippen molar-refractivity contribution in [2.45, 2.75) is 37.0 Å². The first kappa shape index (κ1) is 15.9. The predicted octanol–water partition coefficient (Wildman–Crippen LogP) is 1.73. The highest BCUT2D eigenvalue weighted by molar-refractivity contribution is 7.91. The molecule has 0 spiro atoms. The Morgan fingerprint density at radius 3 is 2.81 bits per heavy atom. The number of rotatable bonds is 3. The molecule has 1 aliphatic carbocycles. The van der Waals surface area contributed by atoms with Gasteiger partial charge in [0.25, 0.3) is 0 Å². The van der Waals surface area contributed by atoms with E-state index in [9.17, 15) is 8.42 Å². The summed E-state index contributed by atoms with van der Waals surface area (Å²) in [6, 6.07) is 7.53. The van der Waals surface area contributed by atoms with E-state index < -0.39 is 9.84 Å². The van der Waals surface area contributed by atoms with Gasteiger partial charge in [-0.05, 0) is 31.4 Å². The number of nitrogens with two attached hydrogens (primary N) is 1. The van der Waals surface area contributed by atoms with Crippen molar-refractivity contribution in [3.05, 3.63) is 29.8 Å². The first-order valence-corrected chi connectivity index (χ1v) is 9.09. The molecule has 0 aliphatic heterocycles. The fourth-order valence-electron chi connectivity index (χ4n) is 2.60. The first-order chi connectivity index (χ1) is 10.0. The molecule has 2 unspecified atom stereocenters.